The van der Waals surface area contributed by atoms with E-state index in [0.29, 0.717) is 39.0 Å². The van der Waals surface area contributed by atoms with E-state index in [0.717, 1.165) is 22.6 Å². The molecule has 8 nitrogen and oxygen atoms in total. The molecule has 38 heavy (non-hydrogen) atoms. The summed E-state index contributed by atoms with van der Waals surface area (Å²) in [6, 6.07) is 19.3. The molecule has 1 unspecified atom stereocenters. The molecule has 2 heterocycles. The van der Waals surface area contributed by atoms with E-state index >= 15 is 0 Å². The number of hydrogen-bond donors (Lipinski definition) is 3. The van der Waals surface area contributed by atoms with Crippen molar-refractivity contribution < 1.29 is 15.0 Å². The van der Waals surface area contributed by atoms with Crippen molar-refractivity contribution in [3.63, 3.8) is 0 Å². The van der Waals surface area contributed by atoms with Gasteiger partial charge in [-0.25, -0.2) is 9.78 Å². The van der Waals surface area contributed by atoms with Crippen LogP contribution in [-0.2, 0) is 6.54 Å². The molecule has 0 saturated carbocycles. The van der Waals surface area contributed by atoms with Gasteiger partial charge in [-0.15, -0.1) is 0 Å². The minimum absolute atomic E-state index is 0.137. The molecule has 0 radical (unpaired) electrons. The Kier molecular flexibility index (Phi) is 8.87. The number of nitrogens with zero attached hydrogens (tertiary/aromatic N) is 4. The van der Waals surface area contributed by atoms with E-state index < -0.39 is 12.1 Å². The summed E-state index contributed by atoms with van der Waals surface area (Å²) in [5.74, 6) is 0.797. The number of amides is 2. The van der Waals surface area contributed by atoms with Crippen LogP contribution in [0, 0.1) is 5.41 Å². The van der Waals surface area contributed by atoms with Crippen molar-refractivity contribution >= 4 is 6.03 Å². The molecule has 0 aliphatic carbocycles. The number of urea groups is 1. The van der Waals surface area contributed by atoms with Crippen LogP contribution in [0.1, 0.15) is 51.0 Å². The Labute approximate surface area is 225 Å². The van der Waals surface area contributed by atoms with Gasteiger partial charge in [0.1, 0.15) is 5.82 Å². The molecule has 2 aromatic carbocycles. The number of carbonyl (C=O) groups excluding carboxylic acids is 1. The fourth-order valence-electron chi connectivity index (χ4n) is 5.13. The Hall–Kier alpha value is -3.20. The lowest BCUT2D eigenvalue weighted by molar-refractivity contribution is 0.0809. The standard InChI is InChI=1S/C30H41N5O3/c1-30(2,3)27(35(17-14-24(31)21-36)29(38)33-16-15-25(37)19-33)28-32-26(23-12-8-5-9-13-23)20-34(28)18-22-10-6-4-7-11-22/h4-13,20,24-25,27,36-37H,14-19,21,31H2,1-3H3/t24-,25?,27-/m0/s1. The molecular weight excluding hydrogens is 478 g/mol. The van der Waals surface area contributed by atoms with Crippen LogP contribution in [0.3, 0.4) is 0 Å². The zero-order chi connectivity index (χ0) is 27.3. The molecule has 3 aromatic rings. The van der Waals surface area contributed by atoms with Gasteiger partial charge >= 0.3 is 6.03 Å². The van der Waals surface area contributed by atoms with E-state index in [1.165, 1.54) is 0 Å². The van der Waals surface area contributed by atoms with Crippen LogP contribution < -0.4 is 5.73 Å². The Morgan fingerprint density at radius 2 is 1.79 bits per heavy atom. The summed E-state index contributed by atoms with van der Waals surface area (Å²) in [5.41, 5.74) is 8.72. The van der Waals surface area contributed by atoms with Gasteiger partial charge in [-0.05, 0) is 23.8 Å². The Morgan fingerprint density at radius 1 is 1.13 bits per heavy atom. The van der Waals surface area contributed by atoms with Crippen LogP contribution in [-0.4, -0.2) is 74.0 Å². The van der Waals surface area contributed by atoms with E-state index in [9.17, 15) is 15.0 Å². The molecule has 3 atom stereocenters. The predicted molar refractivity (Wildman–Crippen MR) is 149 cm³/mol. The van der Waals surface area contributed by atoms with Gasteiger partial charge in [0, 0.05) is 44.0 Å². The molecule has 4 N–H and O–H groups in total. The number of aliphatic hydroxyl groups excluding tert-OH is 2. The summed E-state index contributed by atoms with van der Waals surface area (Å²) >= 11 is 0. The summed E-state index contributed by atoms with van der Waals surface area (Å²) in [5, 5.41) is 19.8. The third-order valence-corrected chi connectivity index (χ3v) is 7.10. The second-order valence-electron chi connectivity index (χ2n) is 11.3. The van der Waals surface area contributed by atoms with Crippen molar-refractivity contribution in [1.82, 2.24) is 19.4 Å². The highest BCUT2D eigenvalue weighted by molar-refractivity contribution is 5.75. The van der Waals surface area contributed by atoms with Gasteiger partial charge in [0.15, 0.2) is 0 Å². The Bertz CT molecular complexity index is 1180. The molecule has 1 aromatic heterocycles. The molecule has 1 aliphatic rings. The lowest BCUT2D eigenvalue weighted by Crippen LogP contribution is -2.49. The highest BCUT2D eigenvalue weighted by atomic mass is 16.3. The van der Waals surface area contributed by atoms with Crippen LogP contribution >= 0.6 is 0 Å². The van der Waals surface area contributed by atoms with Gasteiger partial charge in [-0.2, -0.15) is 0 Å². The number of hydrogen-bond acceptors (Lipinski definition) is 5. The minimum Gasteiger partial charge on any atom is -0.395 e. The summed E-state index contributed by atoms with van der Waals surface area (Å²) in [4.78, 5) is 22.7. The van der Waals surface area contributed by atoms with Gasteiger partial charge in [0.25, 0.3) is 0 Å². The Morgan fingerprint density at radius 3 is 2.37 bits per heavy atom. The van der Waals surface area contributed by atoms with Crippen molar-refractivity contribution in [2.45, 2.75) is 58.3 Å². The Balaban J connectivity index is 1.81. The summed E-state index contributed by atoms with van der Waals surface area (Å²) in [6.45, 7) is 8.01. The van der Waals surface area contributed by atoms with Crippen LogP contribution in [0.15, 0.2) is 66.9 Å². The molecule has 2 amide bonds. The molecule has 0 spiro atoms. The quantitative estimate of drug-likeness (QED) is 0.398. The van der Waals surface area contributed by atoms with E-state index in [1.807, 2.05) is 53.4 Å². The number of likely N-dealkylation sites (tertiary alicyclic amines) is 1. The average molecular weight is 520 g/mol. The second kappa shape index (κ2) is 12.1. The summed E-state index contributed by atoms with van der Waals surface area (Å²) in [7, 11) is 0. The van der Waals surface area contributed by atoms with Crippen LogP contribution in [0.25, 0.3) is 11.3 Å². The maximum atomic E-state index is 14.0. The third-order valence-electron chi connectivity index (χ3n) is 7.10. The van der Waals surface area contributed by atoms with Crippen LogP contribution in [0.4, 0.5) is 4.79 Å². The van der Waals surface area contributed by atoms with E-state index in [2.05, 4.69) is 43.7 Å². The fourth-order valence-corrected chi connectivity index (χ4v) is 5.13. The number of nitrogens with two attached hydrogens (primary N) is 1. The first-order chi connectivity index (χ1) is 18.2. The molecule has 1 saturated heterocycles. The van der Waals surface area contributed by atoms with Gasteiger partial charge < -0.3 is 30.3 Å². The zero-order valence-corrected chi connectivity index (χ0v) is 22.7. The van der Waals surface area contributed by atoms with E-state index in [1.54, 1.807) is 4.90 Å². The first-order valence-electron chi connectivity index (χ1n) is 13.4. The molecular formula is C30H41N5O3. The first-order valence-corrected chi connectivity index (χ1v) is 13.4. The zero-order valence-electron chi connectivity index (χ0n) is 22.7. The highest BCUT2D eigenvalue weighted by Crippen LogP contribution is 2.40. The number of rotatable bonds is 9. The molecule has 4 rings (SSSR count). The maximum absolute atomic E-state index is 14.0. The van der Waals surface area contributed by atoms with Crippen molar-refractivity contribution in [3.05, 3.63) is 78.2 Å². The second-order valence-corrected chi connectivity index (χ2v) is 11.3. The minimum atomic E-state index is -0.515. The number of benzene rings is 2. The normalized spacial score (nSPS) is 17.4. The molecule has 1 fully saturated rings. The summed E-state index contributed by atoms with van der Waals surface area (Å²) < 4.78 is 2.15. The number of aromatic nitrogens is 2. The predicted octanol–water partition coefficient (Wildman–Crippen LogP) is 3.88. The maximum Gasteiger partial charge on any atom is 0.320 e. The number of aliphatic hydroxyl groups is 2. The van der Waals surface area contributed by atoms with Crippen molar-refractivity contribution in [1.29, 1.82) is 0 Å². The van der Waals surface area contributed by atoms with Crippen molar-refractivity contribution in [2.24, 2.45) is 11.1 Å². The lowest BCUT2D eigenvalue weighted by atomic mass is 9.84. The molecule has 0 bridgehead atoms. The molecule has 8 heteroatoms. The summed E-state index contributed by atoms with van der Waals surface area (Å²) in [6.07, 6.45) is 2.57. The van der Waals surface area contributed by atoms with E-state index in [4.69, 9.17) is 10.7 Å². The first kappa shape index (κ1) is 27.8. The molecule has 1 aliphatic heterocycles. The van der Waals surface area contributed by atoms with Gasteiger partial charge in [0.2, 0.25) is 0 Å². The van der Waals surface area contributed by atoms with E-state index in [-0.39, 0.29) is 24.1 Å². The molecule has 204 valence electrons. The SMILES string of the molecule is CC(C)(C)[C@H](c1nc(-c2ccccc2)cn1Cc1ccccc1)N(CC[C@H](N)CO)C(=O)N1CCC(O)C1. The topological polar surface area (TPSA) is 108 Å². The third kappa shape index (κ3) is 6.62. The smallest absolute Gasteiger partial charge is 0.320 e. The monoisotopic (exact) mass is 519 g/mol. The van der Waals surface area contributed by atoms with Crippen molar-refractivity contribution in [3.8, 4) is 11.3 Å². The van der Waals surface area contributed by atoms with Gasteiger partial charge in [-0.1, -0.05) is 81.4 Å². The van der Waals surface area contributed by atoms with Gasteiger partial charge in [0.05, 0.1) is 24.4 Å². The lowest BCUT2D eigenvalue weighted by Gasteiger charge is -2.41. The fraction of sp³-hybridized carbons (Fsp3) is 0.467. The van der Waals surface area contributed by atoms with Crippen molar-refractivity contribution in [2.75, 3.05) is 26.2 Å². The number of imidazole rings is 1. The van der Waals surface area contributed by atoms with Crippen LogP contribution in [0.2, 0.25) is 0 Å². The number of β-amino-alcohol motifs (C(OH)–C–C–N with tert-alkyl or cyclic N) is 1. The average Bonchev–Trinajstić information content (AvgIpc) is 3.52. The highest BCUT2D eigenvalue weighted by Gasteiger charge is 2.41. The van der Waals surface area contributed by atoms with Crippen LogP contribution in [0.5, 0.6) is 0 Å². The largest absolute Gasteiger partial charge is 0.395 e. The van der Waals surface area contributed by atoms with Gasteiger partial charge in [-0.3, -0.25) is 0 Å². The number of carbonyl (C=O) groups is 1.